The van der Waals surface area contributed by atoms with E-state index in [0.717, 1.165) is 24.1 Å². The van der Waals surface area contributed by atoms with Gasteiger partial charge in [0.1, 0.15) is 0 Å². The second-order valence-electron chi connectivity index (χ2n) is 5.64. The number of benzene rings is 1. The lowest BCUT2D eigenvalue weighted by molar-refractivity contribution is 0.0929. The summed E-state index contributed by atoms with van der Waals surface area (Å²) in [7, 11) is 0. The van der Waals surface area contributed by atoms with Crippen LogP contribution in [0.3, 0.4) is 0 Å². The minimum Gasteiger partial charge on any atom is -0.351 e. The molecule has 1 fully saturated rings. The van der Waals surface area contributed by atoms with Gasteiger partial charge in [0.2, 0.25) is 0 Å². The summed E-state index contributed by atoms with van der Waals surface area (Å²) < 4.78 is 0. The van der Waals surface area contributed by atoms with Crippen LogP contribution in [0.5, 0.6) is 0 Å². The van der Waals surface area contributed by atoms with Crippen molar-refractivity contribution in [2.24, 2.45) is 11.1 Å². The molecule has 0 saturated heterocycles. The van der Waals surface area contributed by atoms with Crippen LogP contribution in [0.1, 0.15) is 54.9 Å². The second kappa shape index (κ2) is 7.65. The Labute approximate surface area is 127 Å². The first-order valence-corrected chi connectivity index (χ1v) is 7.26. The predicted octanol–water partition coefficient (Wildman–Crippen LogP) is 3.27. The minimum absolute atomic E-state index is 0. The average Bonchev–Trinajstić information content (AvgIpc) is 2.94. The molecule has 1 amide bonds. The molecule has 0 radical (unpaired) electrons. The molecule has 1 aromatic rings. The molecule has 0 heterocycles. The van der Waals surface area contributed by atoms with Gasteiger partial charge in [-0.15, -0.1) is 12.4 Å². The molecule has 20 heavy (non-hydrogen) atoms. The molecule has 112 valence electrons. The van der Waals surface area contributed by atoms with Gasteiger partial charge in [-0.05, 0) is 42.4 Å². The number of nitrogens with two attached hydrogens (primary N) is 1. The number of nitrogens with one attached hydrogen (secondary N) is 1. The van der Waals surface area contributed by atoms with Gasteiger partial charge in [0.25, 0.3) is 5.91 Å². The summed E-state index contributed by atoms with van der Waals surface area (Å²) in [5.41, 5.74) is 7.67. The highest BCUT2D eigenvalue weighted by Crippen LogP contribution is 2.40. The molecule has 1 aliphatic carbocycles. The average molecular weight is 297 g/mol. The third-order valence-electron chi connectivity index (χ3n) is 4.49. The molecule has 2 rings (SSSR count). The van der Waals surface area contributed by atoms with E-state index in [9.17, 15) is 4.79 Å². The van der Waals surface area contributed by atoms with Crippen LogP contribution >= 0.6 is 12.4 Å². The standard InChI is InChI=1S/C16H24N2O.ClH/c1-2-16(9-3-4-10-16)12-18-15(19)14-7-5-13(11-17)6-8-14;/h5-8H,2-4,9-12,17H2,1H3,(H,18,19);1H. The van der Waals surface area contributed by atoms with Crippen LogP contribution in [-0.2, 0) is 6.54 Å². The van der Waals surface area contributed by atoms with Crippen LogP contribution in [0.4, 0.5) is 0 Å². The Hall–Kier alpha value is -1.06. The predicted molar refractivity (Wildman–Crippen MR) is 85.1 cm³/mol. The van der Waals surface area contributed by atoms with E-state index in [0.29, 0.717) is 12.0 Å². The number of hydrogen-bond donors (Lipinski definition) is 2. The Bertz CT molecular complexity index is 425. The molecule has 1 aromatic carbocycles. The van der Waals surface area contributed by atoms with E-state index in [1.807, 2.05) is 24.3 Å². The largest absolute Gasteiger partial charge is 0.351 e. The van der Waals surface area contributed by atoms with Crippen molar-refractivity contribution in [2.45, 2.75) is 45.6 Å². The SMILES string of the molecule is CCC1(CNC(=O)c2ccc(CN)cc2)CCCC1.Cl. The number of amides is 1. The molecule has 1 aliphatic rings. The molecule has 0 bridgehead atoms. The summed E-state index contributed by atoms with van der Waals surface area (Å²) in [5.74, 6) is 0.0308. The van der Waals surface area contributed by atoms with Gasteiger partial charge in [-0.25, -0.2) is 0 Å². The van der Waals surface area contributed by atoms with Crippen molar-refractivity contribution in [2.75, 3.05) is 6.54 Å². The monoisotopic (exact) mass is 296 g/mol. The molecule has 0 aromatic heterocycles. The molecule has 1 saturated carbocycles. The van der Waals surface area contributed by atoms with E-state index in [4.69, 9.17) is 5.73 Å². The first kappa shape index (κ1) is 17.0. The zero-order chi connectivity index (χ0) is 13.7. The smallest absolute Gasteiger partial charge is 0.251 e. The van der Waals surface area contributed by atoms with E-state index in [-0.39, 0.29) is 18.3 Å². The van der Waals surface area contributed by atoms with Crippen molar-refractivity contribution in [3.05, 3.63) is 35.4 Å². The summed E-state index contributed by atoms with van der Waals surface area (Å²) in [4.78, 5) is 12.1. The van der Waals surface area contributed by atoms with E-state index >= 15 is 0 Å². The van der Waals surface area contributed by atoms with Gasteiger partial charge in [0.05, 0.1) is 0 Å². The molecule has 3 N–H and O–H groups in total. The lowest BCUT2D eigenvalue weighted by atomic mass is 9.83. The molecular formula is C16H25ClN2O. The fourth-order valence-electron chi connectivity index (χ4n) is 2.94. The molecule has 3 nitrogen and oxygen atoms in total. The van der Waals surface area contributed by atoms with Crippen LogP contribution < -0.4 is 11.1 Å². The fraction of sp³-hybridized carbons (Fsp3) is 0.562. The van der Waals surface area contributed by atoms with E-state index < -0.39 is 0 Å². The zero-order valence-corrected chi connectivity index (χ0v) is 13.0. The third-order valence-corrected chi connectivity index (χ3v) is 4.49. The third kappa shape index (κ3) is 3.97. The number of carbonyl (C=O) groups excluding carboxylic acids is 1. The van der Waals surface area contributed by atoms with Gasteiger partial charge in [-0.2, -0.15) is 0 Å². The number of rotatable bonds is 5. The van der Waals surface area contributed by atoms with Crippen LogP contribution in [0.15, 0.2) is 24.3 Å². The Balaban J connectivity index is 0.00000200. The van der Waals surface area contributed by atoms with Crippen LogP contribution in [0.2, 0.25) is 0 Å². The van der Waals surface area contributed by atoms with Crippen molar-refractivity contribution in [1.29, 1.82) is 0 Å². The molecule has 4 heteroatoms. The molecular weight excluding hydrogens is 272 g/mol. The minimum atomic E-state index is 0. The van der Waals surface area contributed by atoms with E-state index in [2.05, 4.69) is 12.2 Å². The Morgan fingerprint density at radius 2 is 1.85 bits per heavy atom. The maximum absolute atomic E-state index is 12.1. The summed E-state index contributed by atoms with van der Waals surface area (Å²) in [6, 6.07) is 7.54. The summed E-state index contributed by atoms with van der Waals surface area (Å²) in [6.45, 7) is 3.55. The number of hydrogen-bond acceptors (Lipinski definition) is 2. The van der Waals surface area contributed by atoms with Gasteiger partial charge >= 0.3 is 0 Å². The Kier molecular flexibility index (Phi) is 6.50. The summed E-state index contributed by atoms with van der Waals surface area (Å²) in [5, 5.41) is 3.10. The number of carbonyl (C=O) groups is 1. The van der Waals surface area contributed by atoms with Crippen LogP contribution in [0.25, 0.3) is 0 Å². The van der Waals surface area contributed by atoms with Crippen molar-refractivity contribution in [3.63, 3.8) is 0 Å². The van der Waals surface area contributed by atoms with Gasteiger partial charge in [0.15, 0.2) is 0 Å². The highest BCUT2D eigenvalue weighted by molar-refractivity contribution is 5.94. The van der Waals surface area contributed by atoms with Crippen LogP contribution in [0, 0.1) is 5.41 Å². The molecule has 0 unspecified atom stereocenters. The lowest BCUT2D eigenvalue weighted by Gasteiger charge is -2.27. The quantitative estimate of drug-likeness (QED) is 0.876. The van der Waals surface area contributed by atoms with Gasteiger partial charge in [-0.3, -0.25) is 4.79 Å². The Morgan fingerprint density at radius 1 is 1.25 bits per heavy atom. The topological polar surface area (TPSA) is 55.1 Å². The highest BCUT2D eigenvalue weighted by Gasteiger charge is 2.32. The van der Waals surface area contributed by atoms with Crippen molar-refractivity contribution >= 4 is 18.3 Å². The molecule has 0 atom stereocenters. The van der Waals surface area contributed by atoms with Gasteiger partial charge in [-0.1, -0.05) is 31.9 Å². The highest BCUT2D eigenvalue weighted by atomic mass is 35.5. The fourth-order valence-corrected chi connectivity index (χ4v) is 2.94. The maximum Gasteiger partial charge on any atom is 0.251 e. The van der Waals surface area contributed by atoms with E-state index in [1.54, 1.807) is 0 Å². The first-order chi connectivity index (χ1) is 9.19. The normalized spacial score (nSPS) is 16.5. The van der Waals surface area contributed by atoms with Gasteiger partial charge in [0, 0.05) is 18.7 Å². The van der Waals surface area contributed by atoms with Gasteiger partial charge < -0.3 is 11.1 Å². The Morgan fingerprint density at radius 3 is 2.35 bits per heavy atom. The summed E-state index contributed by atoms with van der Waals surface area (Å²) in [6.07, 6.45) is 6.25. The van der Waals surface area contributed by atoms with E-state index in [1.165, 1.54) is 25.7 Å². The zero-order valence-electron chi connectivity index (χ0n) is 12.2. The van der Waals surface area contributed by atoms with Crippen molar-refractivity contribution < 1.29 is 4.79 Å². The van der Waals surface area contributed by atoms with Crippen molar-refractivity contribution in [1.82, 2.24) is 5.32 Å². The lowest BCUT2D eigenvalue weighted by Crippen LogP contribution is -2.35. The first-order valence-electron chi connectivity index (χ1n) is 7.26. The van der Waals surface area contributed by atoms with Crippen molar-refractivity contribution in [3.8, 4) is 0 Å². The number of halogens is 1. The maximum atomic E-state index is 12.1. The second-order valence-corrected chi connectivity index (χ2v) is 5.64. The molecule has 0 aliphatic heterocycles. The van der Waals surface area contributed by atoms with Crippen LogP contribution in [-0.4, -0.2) is 12.5 Å². The summed E-state index contributed by atoms with van der Waals surface area (Å²) >= 11 is 0. The molecule has 0 spiro atoms.